The molecule has 1 N–H and O–H groups in total. The summed E-state index contributed by atoms with van der Waals surface area (Å²) in [4.78, 5) is 34.5. The minimum Gasteiger partial charge on any atom is -0.354 e. The molecule has 1 saturated heterocycles. The van der Waals surface area contributed by atoms with Crippen LogP contribution < -0.4 is 5.32 Å². The lowest BCUT2D eigenvalue weighted by Gasteiger charge is -2.18. The van der Waals surface area contributed by atoms with E-state index in [4.69, 9.17) is 0 Å². The van der Waals surface area contributed by atoms with Crippen molar-refractivity contribution in [1.82, 2.24) is 10.2 Å². The Balaban J connectivity index is 2.22. The van der Waals surface area contributed by atoms with Crippen molar-refractivity contribution in [2.24, 2.45) is 0 Å². The number of nitro groups is 1. The van der Waals surface area contributed by atoms with E-state index < -0.39 is 22.3 Å². The molecule has 0 spiro atoms. The van der Waals surface area contributed by atoms with Crippen molar-refractivity contribution in [1.29, 1.82) is 0 Å². The van der Waals surface area contributed by atoms with Gasteiger partial charge in [0.05, 0.1) is 11.5 Å². The van der Waals surface area contributed by atoms with Crippen LogP contribution in [-0.4, -0.2) is 41.3 Å². The zero-order valence-corrected chi connectivity index (χ0v) is 10.5. The average Bonchev–Trinajstić information content (AvgIpc) is 2.62. The molecule has 2 rings (SSSR count). The molecule has 1 aromatic carbocycles. The van der Waals surface area contributed by atoms with Gasteiger partial charge in [0.25, 0.3) is 5.91 Å². The van der Waals surface area contributed by atoms with Crippen LogP contribution in [0.4, 0.5) is 10.1 Å². The molecule has 0 saturated carbocycles. The van der Waals surface area contributed by atoms with Crippen LogP contribution in [0.2, 0.25) is 0 Å². The number of amides is 2. The van der Waals surface area contributed by atoms with E-state index >= 15 is 0 Å². The highest BCUT2D eigenvalue weighted by atomic mass is 19.1. The van der Waals surface area contributed by atoms with Crippen molar-refractivity contribution < 1.29 is 18.9 Å². The molecule has 0 aromatic heterocycles. The molecule has 1 aromatic rings. The van der Waals surface area contributed by atoms with Gasteiger partial charge in [0, 0.05) is 24.7 Å². The number of halogens is 1. The van der Waals surface area contributed by atoms with Crippen LogP contribution in [0.5, 0.6) is 0 Å². The Morgan fingerprint density at radius 1 is 1.45 bits per heavy atom. The Morgan fingerprint density at radius 3 is 2.85 bits per heavy atom. The second-order valence-corrected chi connectivity index (χ2v) is 4.35. The molecule has 0 atom stereocenters. The SMILES string of the molecule is O=C1CN(C(=O)c2ccc([N+](=O)[O-])c(F)c2)CCCN1. The number of benzene rings is 1. The minimum absolute atomic E-state index is 0.0113. The third kappa shape index (κ3) is 2.90. The number of nitrogens with zero attached hydrogens (tertiary/aromatic N) is 2. The highest BCUT2D eigenvalue weighted by Crippen LogP contribution is 2.19. The van der Waals surface area contributed by atoms with Crippen molar-refractivity contribution in [2.45, 2.75) is 6.42 Å². The zero-order valence-electron chi connectivity index (χ0n) is 10.5. The first kappa shape index (κ1) is 13.9. The molecule has 8 heteroatoms. The van der Waals surface area contributed by atoms with Crippen LogP contribution in [0.1, 0.15) is 16.8 Å². The molecule has 0 aliphatic carbocycles. The first-order chi connectivity index (χ1) is 9.49. The lowest BCUT2D eigenvalue weighted by atomic mass is 10.1. The molecule has 2 amide bonds. The second-order valence-electron chi connectivity index (χ2n) is 4.35. The van der Waals surface area contributed by atoms with E-state index in [1.165, 1.54) is 11.0 Å². The third-order valence-corrected chi connectivity index (χ3v) is 2.94. The van der Waals surface area contributed by atoms with Gasteiger partial charge in [-0.3, -0.25) is 19.7 Å². The van der Waals surface area contributed by atoms with E-state index in [1.807, 2.05) is 0 Å². The largest absolute Gasteiger partial charge is 0.354 e. The molecule has 1 fully saturated rings. The quantitative estimate of drug-likeness (QED) is 0.637. The van der Waals surface area contributed by atoms with Gasteiger partial charge in [0.2, 0.25) is 11.7 Å². The number of nitro benzene ring substituents is 1. The summed E-state index contributed by atoms with van der Waals surface area (Å²) in [5, 5.41) is 13.1. The summed E-state index contributed by atoms with van der Waals surface area (Å²) in [6.45, 7) is 0.755. The Bertz CT molecular complexity index is 576. The summed E-state index contributed by atoms with van der Waals surface area (Å²) in [6.07, 6.45) is 0.604. The number of carbonyl (C=O) groups is 2. The van der Waals surface area contributed by atoms with E-state index in [2.05, 4.69) is 5.32 Å². The molecule has 0 bridgehead atoms. The predicted octanol–water partition coefficient (Wildman–Crippen LogP) is 0.696. The lowest BCUT2D eigenvalue weighted by molar-refractivity contribution is -0.387. The summed E-state index contributed by atoms with van der Waals surface area (Å²) in [5.74, 6) is -1.87. The Labute approximate surface area is 113 Å². The molecule has 7 nitrogen and oxygen atoms in total. The van der Waals surface area contributed by atoms with E-state index in [0.717, 1.165) is 12.1 Å². The Morgan fingerprint density at radius 2 is 2.20 bits per heavy atom. The fourth-order valence-corrected chi connectivity index (χ4v) is 1.95. The smallest absolute Gasteiger partial charge is 0.304 e. The van der Waals surface area contributed by atoms with Crippen molar-refractivity contribution in [3.63, 3.8) is 0 Å². The fraction of sp³-hybridized carbons (Fsp3) is 0.333. The second kappa shape index (κ2) is 5.64. The maximum absolute atomic E-state index is 13.5. The number of rotatable bonds is 2. The van der Waals surface area contributed by atoms with Gasteiger partial charge in [0.15, 0.2) is 0 Å². The molecule has 1 aliphatic rings. The van der Waals surface area contributed by atoms with Gasteiger partial charge in [0.1, 0.15) is 0 Å². The molecule has 1 aliphatic heterocycles. The average molecular weight is 281 g/mol. The molecule has 20 heavy (non-hydrogen) atoms. The van der Waals surface area contributed by atoms with Crippen LogP contribution in [0.15, 0.2) is 18.2 Å². The van der Waals surface area contributed by atoms with Crippen LogP contribution in [0, 0.1) is 15.9 Å². The topological polar surface area (TPSA) is 92.5 Å². The molecule has 1 heterocycles. The third-order valence-electron chi connectivity index (χ3n) is 2.94. The molecule has 106 valence electrons. The highest BCUT2D eigenvalue weighted by molar-refractivity contribution is 5.96. The van der Waals surface area contributed by atoms with E-state index in [9.17, 15) is 24.1 Å². The molecule has 0 radical (unpaired) electrons. The lowest BCUT2D eigenvalue weighted by Crippen LogP contribution is -2.37. The van der Waals surface area contributed by atoms with Crippen molar-refractivity contribution in [3.05, 3.63) is 39.7 Å². The first-order valence-electron chi connectivity index (χ1n) is 5.99. The molecular formula is C12H12FN3O4. The summed E-state index contributed by atoms with van der Waals surface area (Å²) in [5.41, 5.74) is -0.696. The number of carbonyl (C=O) groups excluding carboxylic acids is 2. The minimum atomic E-state index is -1.07. The predicted molar refractivity (Wildman–Crippen MR) is 66.6 cm³/mol. The van der Waals surface area contributed by atoms with Crippen LogP contribution in [-0.2, 0) is 4.79 Å². The standard InChI is InChI=1S/C12H12FN3O4/c13-9-6-8(2-3-10(9)16(19)20)12(18)15-5-1-4-14-11(17)7-15/h2-3,6H,1,4-5,7H2,(H,14,17). The van der Waals surface area contributed by atoms with Gasteiger partial charge in [-0.2, -0.15) is 4.39 Å². The Hall–Kier alpha value is -2.51. The van der Waals surface area contributed by atoms with Gasteiger partial charge in [-0.25, -0.2) is 0 Å². The maximum Gasteiger partial charge on any atom is 0.304 e. The summed E-state index contributed by atoms with van der Waals surface area (Å²) in [6, 6.07) is 2.95. The summed E-state index contributed by atoms with van der Waals surface area (Å²) >= 11 is 0. The molecular weight excluding hydrogens is 269 g/mol. The Kier molecular flexibility index (Phi) is 3.92. The van der Waals surface area contributed by atoms with E-state index in [-0.39, 0.29) is 18.0 Å². The maximum atomic E-state index is 13.5. The zero-order chi connectivity index (χ0) is 14.7. The van der Waals surface area contributed by atoms with Crippen LogP contribution >= 0.6 is 0 Å². The highest BCUT2D eigenvalue weighted by Gasteiger charge is 2.23. The monoisotopic (exact) mass is 281 g/mol. The number of hydrogen-bond donors (Lipinski definition) is 1. The van der Waals surface area contributed by atoms with Gasteiger partial charge >= 0.3 is 5.69 Å². The summed E-state index contributed by atoms with van der Waals surface area (Å²) < 4.78 is 13.5. The molecule has 0 unspecified atom stereocenters. The first-order valence-corrected chi connectivity index (χ1v) is 5.99. The van der Waals surface area contributed by atoms with Gasteiger partial charge < -0.3 is 10.2 Å². The van der Waals surface area contributed by atoms with Crippen molar-refractivity contribution in [3.8, 4) is 0 Å². The normalized spacial score (nSPS) is 15.4. The van der Waals surface area contributed by atoms with Gasteiger partial charge in [-0.15, -0.1) is 0 Å². The number of nitrogens with one attached hydrogen (secondary N) is 1. The van der Waals surface area contributed by atoms with Crippen LogP contribution in [0.25, 0.3) is 0 Å². The van der Waals surface area contributed by atoms with Crippen LogP contribution in [0.3, 0.4) is 0 Å². The van der Waals surface area contributed by atoms with Gasteiger partial charge in [-0.1, -0.05) is 0 Å². The number of hydrogen-bond acceptors (Lipinski definition) is 4. The van der Waals surface area contributed by atoms with Crippen molar-refractivity contribution in [2.75, 3.05) is 19.6 Å². The summed E-state index contributed by atoms with van der Waals surface area (Å²) in [7, 11) is 0. The van der Waals surface area contributed by atoms with E-state index in [0.29, 0.717) is 19.5 Å². The van der Waals surface area contributed by atoms with E-state index in [1.54, 1.807) is 0 Å². The van der Waals surface area contributed by atoms with Gasteiger partial charge in [-0.05, 0) is 18.6 Å². The van der Waals surface area contributed by atoms with Crippen molar-refractivity contribution >= 4 is 17.5 Å². The fourth-order valence-electron chi connectivity index (χ4n) is 1.95.